The second-order valence-electron chi connectivity index (χ2n) is 7.38. The SMILES string of the molecule is COc1cc(C=C2C(=O)c3ccccc3C2=O)ccc1OCC(=O)Nc1cccc(C)c1. The van der Waals surface area contributed by atoms with Crippen LogP contribution >= 0.6 is 0 Å². The summed E-state index contributed by atoms with van der Waals surface area (Å²) in [6, 6.07) is 19.2. The molecule has 1 N–H and O–H groups in total. The third kappa shape index (κ3) is 4.30. The number of carbonyl (C=O) groups is 3. The van der Waals surface area contributed by atoms with Crippen molar-refractivity contribution >= 4 is 29.2 Å². The number of hydrogen-bond acceptors (Lipinski definition) is 5. The number of ether oxygens (including phenoxy) is 2. The van der Waals surface area contributed by atoms with E-state index in [1.165, 1.54) is 7.11 Å². The Labute approximate surface area is 185 Å². The maximum absolute atomic E-state index is 12.6. The second kappa shape index (κ2) is 8.89. The van der Waals surface area contributed by atoms with Crippen LogP contribution in [0.5, 0.6) is 11.5 Å². The molecule has 160 valence electrons. The van der Waals surface area contributed by atoms with Gasteiger partial charge in [-0.15, -0.1) is 0 Å². The van der Waals surface area contributed by atoms with E-state index < -0.39 is 0 Å². The lowest BCUT2D eigenvalue weighted by atomic mass is 10.1. The molecule has 0 aromatic heterocycles. The first-order chi connectivity index (χ1) is 15.5. The van der Waals surface area contributed by atoms with Gasteiger partial charge in [0.05, 0.1) is 12.7 Å². The number of methoxy groups -OCH3 is 1. The molecule has 0 unspecified atom stereocenters. The third-order valence-electron chi connectivity index (χ3n) is 5.06. The molecule has 32 heavy (non-hydrogen) atoms. The monoisotopic (exact) mass is 427 g/mol. The smallest absolute Gasteiger partial charge is 0.262 e. The molecule has 3 aromatic rings. The molecule has 0 fully saturated rings. The molecule has 0 atom stereocenters. The predicted molar refractivity (Wildman–Crippen MR) is 121 cm³/mol. The predicted octanol–water partition coefficient (Wildman–Crippen LogP) is 4.48. The Morgan fingerprint density at radius 3 is 2.28 bits per heavy atom. The van der Waals surface area contributed by atoms with E-state index in [1.54, 1.807) is 54.6 Å². The van der Waals surface area contributed by atoms with Gasteiger partial charge in [0, 0.05) is 16.8 Å². The lowest BCUT2D eigenvalue weighted by Crippen LogP contribution is -2.20. The highest BCUT2D eigenvalue weighted by molar-refractivity contribution is 6.41. The van der Waals surface area contributed by atoms with Gasteiger partial charge in [0.15, 0.2) is 29.7 Å². The number of ketones is 2. The fraction of sp³-hybridized carbons (Fsp3) is 0.115. The average Bonchev–Trinajstić information content (AvgIpc) is 3.03. The topological polar surface area (TPSA) is 81.7 Å². The van der Waals surface area contributed by atoms with Crippen LogP contribution in [-0.4, -0.2) is 31.2 Å². The summed E-state index contributed by atoms with van der Waals surface area (Å²) in [6.45, 7) is 1.75. The van der Waals surface area contributed by atoms with Crippen molar-refractivity contribution in [2.45, 2.75) is 6.92 Å². The minimum Gasteiger partial charge on any atom is -0.493 e. The Morgan fingerprint density at radius 2 is 1.62 bits per heavy atom. The van der Waals surface area contributed by atoms with Crippen LogP contribution in [0, 0.1) is 6.92 Å². The lowest BCUT2D eigenvalue weighted by Gasteiger charge is -2.12. The van der Waals surface area contributed by atoms with E-state index in [4.69, 9.17) is 9.47 Å². The molecule has 0 heterocycles. The van der Waals surface area contributed by atoms with Crippen LogP contribution in [0.4, 0.5) is 5.69 Å². The summed E-state index contributed by atoms with van der Waals surface area (Å²) in [7, 11) is 1.48. The summed E-state index contributed by atoms with van der Waals surface area (Å²) in [5.41, 5.74) is 3.28. The number of Topliss-reactive ketones (excluding diaryl/α,β-unsaturated/α-hetero) is 2. The zero-order valence-corrected chi connectivity index (χ0v) is 17.7. The number of fused-ring (bicyclic) bond motifs is 1. The summed E-state index contributed by atoms with van der Waals surface area (Å²) in [5.74, 6) is -0.126. The number of hydrogen-bond donors (Lipinski definition) is 1. The standard InChI is InChI=1S/C26H21NO5/c1-16-6-5-7-18(12-16)27-24(28)15-32-22-11-10-17(14-23(22)31-2)13-21-25(29)19-8-3-4-9-20(19)26(21)30/h3-14H,15H2,1-2H3,(H,27,28). The average molecular weight is 427 g/mol. The van der Waals surface area contributed by atoms with Gasteiger partial charge in [-0.2, -0.15) is 0 Å². The first kappa shape index (κ1) is 21.1. The molecule has 6 heteroatoms. The normalized spacial score (nSPS) is 12.4. The molecular formula is C26H21NO5. The van der Waals surface area contributed by atoms with E-state index >= 15 is 0 Å². The lowest BCUT2D eigenvalue weighted by molar-refractivity contribution is -0.118. The highest BCUT2D eigenvalue weighted by Crippen LogP contribution is 2.32. The van der Waals surface area contributed by atoms with E-state index in [1.807, 2.05) is 25.1 Å². The van der Waals surface area contributed by atoms with Crippen LogP contribution in [0.25, 0.3) is 6.08 Å². The van der Waals surface area contributed by atoms with E-state index in [2.05, 4.69) is 5.32 Å². The first-order valence-electron chi connectivity index (χ1n) is 10.0. The van der Waals surface area contributed by atoms with Crippen molar-refractivity contribution in [1.82, 2.24) is 0 Å². The summed E-state index contributed by atoms with van der Waals surface area (Å²) in [6.07, 6.45) is 1.54. The number of rotatable bonds is 6. The molecular weight excluding hydrogens is 406 g/mol. The second-order valence-corrected chi connectivity index (χ2v) is 7.38. The number of carbonyl (C=O) groups excluding carboxylic acids is 3. The van der Waals surface area contributed by atoms with Crippen LogP contribution in [0.3, 0.4) is 0 Å². The fourth-order valence-electron chi connectivity index (χ4n) is 3.53. The summed E-state index contributed by atoms with van der Waals surface area (Å²) >= 11 is 0. The van der Waals surface area contributed by atoms with Gasteiger partial charge in [-0.3, -0.25) is 14.4 Å². The molecule has 1 aliphatic carbocycles. The number of anilines is 1. The minimum absolute atomic E-state index is 0.111. The maximum Gasteiger partial charge on any atom is 0.262 e. The highest BCUT2D eigenvalue weighted by Gasteiger charge is 2.32. The zero-order valence-electron chi connectivity index (χ0n) is 17.7. The van der Waals surface area contributed by atoms with Gasteiger partial charge in [-0.1, -0.05) is 42.5 Å². The van der Waals surface area contributed by atoms with Crippen molar-refractivity contribution < 1.29 is 23.9 Å². The van der Waals surface area contributed by atoms with E-state index in [0.29, 0.717) is 33.9 Å². The highest BCUT2D eigenvalue weighted by atomic mass is 16.5. The van der Waals surface area contributed by atoms with Crippen LogP contribution < -0.4 is 14.8 Å². The fourth-order valence-corrected chi connectivity index (χ4v) is 3.53. The summed E-state index contributed by atoms with van der Waals surface area (Å²) < 4.78 is 11.0. The number of allylic oxidation sites excluding steroid dienone is 1. The van der Waals surface area contributed by atoms with Crippen LogP contribution in [0.1, 0.15) is 31.8 Å². The third-order valence-corrected chi connectivity index (χ3v) is 5.06. The van der Waals surface area contributed by atoms with Crippen molar-refractivity contribution in [3.8, 4) is 11.5 Å². The number of amides is 1. The largest absolute Gasteiger partial charge is 0.493 e. The molecule has 1 aliphatic rings. The zero-order chi connectivity index (χ0) is 22.7. The van der Waals surface area contributed by atoms with Crippen molar-refractivity contribution in [2.24, 2.45) is 0 Å². The van der Waals surface area contributed by atoms with E-state index in [9.17, 15) is 14.4 Å². The van der Waals surface area contributed by atoms with Crippen molar-refractivity contribution in [1.29, 1.82) is 0 Å². The Kier molecular flexibility index (Phi) is 5.85. The van der Waals surface area contributed by atoms with Gasteiger partial charge >= 0.3 is 0 Å². The van der Waals surface area contributed by atoms with Crippen molar-refractivity contribution in [3.05, 3.63) is 94.6 Å². The van der Waals surface area contributed by atoms with Gasteiger partial charge in [-0.25, -0.2) is 0 Å². The van der Waals surface area contributed by atoms with E-state index in [-0.39, 0.29) is 29.7 Å². The molecule has 0 saturated heterocycles. The van der Waals surface area contributed by atoms with Crippen molar-refractivity contribution in [2.75, 3.05) is 19.0 Å². The molecule has 0 bridgehead atoms. The minimum atomic E-state index is -0.302. The molecule has 0 radical (unpaired) electrons. The van der Waals surface area contributed by atoms with Gasteiger partial charge < -0.3 is 14.8 Å². The van der Waals surface area contributed by atoms with Crippen LogP contribution in [0.15, 0.2) is 72.3 Å². The molecule has 4 rings (SSSR count). The van der Waals surface area contributed by atoms with Gasteiger partial charge in [0.2, 0.25) is 0 Å². The summed E-state index contributed by atoms with van der Waals surface area (Å²) in [4.78, 5) is 37.4. The maximum atomic E-state index is 12.6. The Morgan fingerprint density at radius 1 is 0.906 bits per heavy atom. The Balaban J connectivity index is 1.48. The van der Waals surface area contributed by atoms with Gasteiger partial charge in [0.1, 0.15) is 0 Å². The number of benzene rings is 3. The number of nitrogens with one attached hydrogen (secondary N) is 1. The number of aryl methyl sites for hydroxylation is 1. The Bertz CT molecular complexity index is 1220. The van der Waals surface area contributed by atoms with Crippen molar-refractivity contribution in [3.63, 3.8) is 0 Å². The molecule has 0 spiro atoms. The molecule has 3 aromatic carbocycles. The molecule has 6 nitrogen and oxygen atoms in total. The first-order valence-corrected chi connectivity index (χ1v) is 10.0. The van der Waals surface area contributed by atoms with Crippen LogP contribution in [0.2, 0.25) is 0 Å². The summed E-state index contributed by atoms with van der Waals surface area (Å²) in [5, 5.41) is 2.78. The van der Waals surface area contributed by atoms with Crippen LogP contribution in [-0.2, 0) is 4.79 Å². The molecule has 0 saturated carbocycles. The molecule has 1 amide bonds. The van der Waals surface area contributed by atoms with Gasteiger partial charge in [-0.05, 0) is 48.4 Å². The van der Waals surface area contributed by atoms with E-state index in [0.717, 1.165) is 5.56 Å². The van der Waals surface area contributed by atoms with Gasteiger partial charge in [0.25, 0.3) is 5.91 Å². The quantitative estimate of drug-likeness (QED) is 0.463. The molecule has 0 aliphatic heterocycles. The Hall–Kier alpha value is -4.19.